The van der Waals surface area contributed by atoms with Gasteiger partial charge in [-0.05, 0) is 67.0 Å². The molecule has 0 unspecified atom stereocenters. The van der Waals surface area contributed by atoms with Gasteiger partial charge in [-0.3, -0.25) is 19.2 Å². The maximum Gasteiger partial charge on any atom is 0.509 e. The number of carbonyl (C=O) groups is 7. The molecule has 4 aromatic rings. The van der Waals surface area contributed by atoms with E-state index < -0.39 is 141 Å². The van der Waals surface area contributed by atoms with E-state index in [0.29, 0.717) is 0 Å². The van der Waals surface area contributed by atoms with Gasteiger partial charge in [0.1, 0.15) is 36.6 Å². The molecular weight excluding hydrogens is 1010 g/mol. The normalized spacial score (nSPS) is 28.2. The fourth-order valence-electron chi connectivity index (χ4n) is 11.4. The van der Waals surface area contributed by atoms with Crippen molar-refractivity contribution in [1.29, 1.82) is 0 Å². The van der Waals surface area contributed by atoms with Crippen LogP contribution in [0.25, 0.3) is 0 Å². The van der Waals surface area contributed by atoms with Crippen LogP contribution in [-0.4, -0.2) is 127 Å². The molecule has 1 amide bonds. The number of ether oxygens (including phenoxy) is 7. The summed E-state index contributed by atoms with van der Waals surface area (Å²) in [6.45, 7) is 6.90. The molecule has 4 aromatic carbocycles. The van der Waals surface area contributed by atoms with Gasteiger partial charge in [0.15, 0.2) is 27.3 Å². The van der Waals surface area contributed by atoms with Crippen LogP contribution < -0.4 is 5.32 Å². The summed E-state index contributed by atoms with van der Waals surface area (Å²) in [4.78, 5) is 99.7. The first-order chi connectivity index (χ1) is 36.0. The quantitative estimate of drug-likeness (QED) is 0.0767. The Morgan fingerprint density at radius 3 is 1.93 bits per heavy atom. The smallest absolute Gasteiger partial charge is 0.455 e. The summed E-state index contributed by atoms with van der Waals surface area (Å²) in [5.41, 5.74) is -8.01. The molecule has 11 atom stereocenters. The summed E-state index contributed by atoms with van der Waals surface area (Å²) < 4.78 is 68.0. The minimum Gasteiger partial charge on any atom is -0.455 e. The summed E-state index contributed by atoms with van der Waals surface area (Å²) in [6.07, 6.45) is -12.9. The number of amides is 1. The van der Waals surface area contributed by atoms with Crippen LogP contribution in [0.1, 0.15) is 86.7 Å². The number of nitrogens with one attached hydrogen (secondary N) is 1. The summed E-state index contributed by atoms with van der Waals surface area (Å²) >= 11 is 0. The predicted molar refractivity (Wildman–Crippen MR) is 266 cm³/mol. The number of aliphatic hydroxyl groups is 2. The van der Waals surface area contributed by atoms with E-state index in [4.69, 9.17) is 33.2 Å². The van der Waals surface area contributed by atoms with E-state index in [1.807, 2.05) is 0 Å². The van der Waals surface area contributed by atoms with Crippen molar-refractivity contribution in [3.05, 3.63) is 149 Å². The van der Waals surface area contributed by atoms with Gasteiger partial charge in [-0.2, -0.15) is 0 Å². The van der Waals surface area contributed by atoms with E-state index in [1.165, 1.54) is 88.4 Å². The highest BCUT2D eigenvalue weighted by Gasteiger charge is 2.78. The van der Waals surface area contributed by atoms with Crippen LogP contribution in [0.3, 0.4) is 0 Å². The Kier molecular flexibility index (Phi) is 15.5. The number of rotatable bonds is 15. The molecule has 20 heteroatoms. The van der Waals surface area contributed by atoms with Crippen molar-refractivity contribution in [2.45, 2.75) is 113 Å². The number of ketones is 1. The van der Waals surface area contributed by atoms with Crippen LogP contribution in [0.5, 0.6) is 0 Å². The summed E-state index contributed by atoms with van der Waals surface area (Å²) in [5, 5.41) is 28.9. The number of sulfone groups is 1. The Labute approximate surface area is 438 Å². The van der Waals surface area contributed by atoms with E-state index in [2.05, 4.69) is 5.32 Å². The number of benzene rings is 4. The van der Waals surface area contributed by atoms with Gasteiger partial charge in [0.2, 0.25) is 6.10 Å². The lowest BCUT2D eigenvalue weighted by Crippen LogP contribution is -2.82. The second-order valence-electron chi connectivity index (χ2n) is 20.2. The SMILES string of the molecule is CC(=O)O[C@H]1C(=O)[C@@]2(C)[C@H]([C@H](OC(=O)c3ccccc3)[C@]3(O)C[C@H](OC(=O)[C@H](OC(=O)OCCS(=O)(=O)c4ccccc4)[C@@H](NC(=O)c4ccccc4)c4ccccc4)C(C)=C1C3(C)C)[C@]1(OC(C)=O)CO[C@@H]1C[C@@H]2O. The molecule has 3 aliphatic carbocycles. The van der Waals surface area contributed by atoms with E-state index in [-0.39, 0.29) is 45.8 Å². The highest BCUT2D eigenvalue weighted by molar-refractivity contribution is 7.91. The first-order valence-corrected chi connectivity index (χ1v) is 26.2. The molecule has 2 saturated carbocycles. The topological polar surface area (TPSA) is 271 Å². The Morgan fingerprint density at radius 2 is 1.37 bits per heavy atom. The standard InChI is InChI=1S/C56H59NO18S/c1-32-39(72-51(64)45(73-52(65)69-27-28-76(67,68)38-25-17-10-18-26-38)43(35-19-11-7-12-20-35)57-49(62)36-21-13-8-14-22-36)30-56(66)48(74-50(63)37-23-15-9-16-24-37)46-54(6,40(60)29-41-55(46,31-70-41)75-34(3)59)47(61)44(71-33(2)58)42(32)53(56,4)5/h7-26,39-41,43-46,48,60,66H,27-31H2,1-6H3,(H,57,62)/t39-,40-,41+,43-,44+,45+,46-,48-,54+,55-,56+/m0/s1. The Hall–Kier alpha value is -7.26. The minimum absolute atomic E-state index is 0.0101. The van der Waals surface area contributed by atoms with Crippen LogP contribution in [-0.2, 0) is 62.2 Å². The van der Waals surface area contributed by atoms with Crippen molar-refractivity contribution in [3.8, 4) is 0 Å². The Morgan fingerprint density at radius 1 is 0.789 bits per heavy atom. The van der Waals surface area contributed by atoms with E-state index in [9.17, 15) is 42.6 Å². The molecule has 0 radical (unpaired) electrons. The van der Waals surface area contributed by atoms with Crippen LogP contribution in [0.4, 0.5) is 4.79 Å². The first-order valence-electron chi connectivity index (χ1n) is 24.6. The van der Waals surface area contributed by atoms with Crippen LogP contribution >= 0.6 is 0 Å². The fourth-order valence-corrected chi connectivity index (χ4v) is 12.5. The lowest BCUT2D eigenvalue weighted by atomic mass is 9.44. The molecule has 4 aliphatic rings. The second-order valence-corrected chi connectivity index (χ2v) is 22.3. The highest BCUT2D eigenvalue weighted by atomic mass is 32.2. The van der Waals surface area contributed by atoms with Gasteiger partial charge in [0.05, 0.1) is 40.3 Å². The van der Waals surface area contributed by atoms with Crippen LogP contribution in [0.15, 0.2) is 137 Å². The number of aliphatic hydroxyl groups excluding tert-OH is 1. The molecule has 2 bridgehead atoms. The Bertz CT molecular complexity index is 3020. The monoisotopic (exact) mass is 1070 g/mol. The zero-order valence-corrected chi connectivity index (χ0v) is 43.4. The third-order valence-electron chi connectivity index (χ3n) is 15.4. The van der Waals surface area contributed by atoms with Crippen LogP contribution in [0.2, 0.25) is 0 Å². The molecule has 76 heavy (non-hydrogen) atoms. The summed E-state index contributed by atoms with van der Waals surface area (Å²) in [5.74, 6) is -8.15. The third-order valence-corrected chi connectivity index (χ3v) is 17.0. The van der Waals surface area contributed by atoms with Crippen molar-refractivity contribution in [1.82, 2.24) is 5.32 Å². The second kappa shape index (κ2) is 21.4. The first kappa shape index (κ1) is 55.0. The van der Waals surface area contributed by atoms with Gasteiger partial charge in [-0.15, -0.1) is 0 Å². The molecule has 8 rings (SSSR count). The number of fused-ring (bicyclic) bond motifs is 5. The number of hydrogen-bond donors (Lipinski definition) is 3. The number of esters is 4. The highest BCUT2D eigenvalue weighted by Crippen LogP contribution is 2.64. The Balaban J connectivity index is 1.26. The van der Waals surface area contributed by atoms with Gasteiger partial charge in [-0.25, -0.2) is 22.8 Å². The molecule has 0 spiro atoms. The molecular formula is C56H59NO18S. The number of Topliss-reactive ketones (excluding diaryl/α,β-unsaturated/α-hetero) is 1. The average molecular weight is 1070 g/mol. The van der Waals surface area contributed by atoms with Crippen molar-refractivity contribution >= 4 is 51.6 Å². The molecule has 3 N–H and O–H groups in total. The molecule has 0 aromatic heterocycles. The van der Waals surface area contributed by atoms with Crippen molar-refractivity contribution < 1.29 is 85.4 Å². The number of hydrogen-bond acceptors (Lipinski definition) is 18. The molecule has 1 heterocycles. The molecule has 19 nitrogen and oxygen atoms in total. The van der Waals surface area contributed by atoms with Gasteiger partial charge in [0, 0.05) is 37.7 Å². The largest absolute Gasteiger partial charge is 0.509 e. The van der Waals surface area contributed by atoms with Crippen molar-refractivity contribution in [3.63, 3.8) is 0 Å². The van der Waals surface area contributed by atoms with Gasteiger partial charge < -0.3 is 48.7 Å². The summed E-state index contributed by atoms with van der Waals surface area (Å²) in [6, 6.07) is 29.3. The zero-order valence-electron chi connectivity index (χ0n) is 42.5. The maximum absolute atomic E-state index is 15.8. The van der Waals surface area contributed by atoms with Gasteiger partial charge >= 0.3 is 30.0 Å². The van der Waals surface area contributed by atoms with Crippen LogP contribution in [0, 0.1) is 16.7 Å². The summed E-state index contributed by atoms with van der Waals surface area (Å²) in [7, 11) is -3.97. The molecule has 402 valence electrons. The lowest BCUT2D eigenvalue weighted by molar-refractivity contribution is -0.346. The number of carbonyl (C=O) groups excluding carboxylic acids is 7. The average Bonchev–Trinajstić information content (AvgIpc) is 3.39. The molecule has 3 fully saturated rings. The third kappa shape index (κ3) is 10.1. The van der Waals surface area contributed by atoms with Crippen molar-refractivity contribution in [2.75, 3.05) is 19.0 Å². The minimum atomic E-state index is -3.97. The van der Waals surface area contributed by atoms with Crippen molar-refractivity contribution in [2.24, 2.45) is 16.7 Å². The fraction of sp³-hybridized carbons (Fsp3) is 0.411. The van der Waals surface area contributed by atoms with Gasteiger partial charge in [-0.1, -0.05) is 98.8 Å². The van der Waals surface area contributed by atoms with E-state index in [0.717, 1.165) is 13.8 Å². The lowest BCUT2D eigenvalue weighted by Gasteiger charge is -2.67. The van der Waals surface area contributed by atoms with E-state index >= 15 is 9.59 Å². The molecule has 1 aliphatic heterocycles. The van der Waals surface area contributed by atoms with Gasteiger partial charge in [0.25, 0.3) is 5.91 Å². The van der Waals surface area contributed by atoms with E-state index in [1.54, 1.807) is 60.7 Å². The maximum atomic E-state index is 15.8. The zero-order chi connectivity index (χ0) is 55.0. The molecule has 1 saturated heterocycles. The predicted octanol–water partition coefficient (Wildman–Crippen LogP) is 5.37.